The Morgan fingerprint density at radius 1 is 0.727 bits per heavy atom. The summed E-state index contributed by atoms with van der Waals surface area (Å²) >= 11 is 0. The van der Waals surface area contributed by atoms with Crippen molar-refractivity contribution in [1.29, 1.82) is 0 Å². The van der Waals surface area contributed by atoms with Crippen LogP contribution in [-0.2, 0) is 4.74 Å². The molecule has 22 heavy (non-hydrogen) atoms. The zero-order valence-electron chi connectivity index (χ0n) is 13.2. The van der Waals surface area contributed by atoms with E-state index in [4.69, 9.17) is 4.74 Å². The molecule has 1 saturated heterocycles. The number of hydrogen-bond acceptors (Lipinski definition) is 3. The monoisotopic (exact) mass is 330 g/mol. The van der Waals surface area contributed by atoms with Gasteiger partial charge in [0.05, 0.1) is 22.2 Å². The fourth-order valence-electron chi connectivity index (χ4n) is 2.70. The highest BCUT2D eigenvalue weighted by Crippen LogP contribution is 2.60. The van der Waals surface area contributed by atoms with Crippen LogP contribution in [0, 0.1) is 0 Å². The standard InChI is InChI=1S/C19H22OS2/c1-19(2,3)20-16-17(14-10-6-4-7-11-14)21-22-18(16)15-12-8-5-9-13-15/h4-13,16-18H,1-3H3. The van der Waals surface area contributed by atoms with E-state index in [1.165, 1.54) is 11.1 Å². The number of hydrogen-bond donors (Lipinski definition) is 0. The Bertz CT molecular complexity index is 544. The first-order chi connectivity index (χ1) is 10.5. The lowest BCUT2D eigenvalue weighted by Gasteiger charge is -2.31. The maximum Gasteiger partial charge on any atom is 0.0917 e. The van der Waals surface area contributed by atoms with Crippen LogP contribution in [0.3, 0.4) is 0 Å². The second-order valence-electron chi connectivity index (χ2n) is 6.55. The van der Waals surface area contributed by atoms with Crippen LogP contribution in [0.4, 0.5) is 0 Å². The van der Waals surface area contributed by atoms with Gasteiger partial charge in [0, 0.05) is 0 Å². The van der Waals surface area contributed by atoms with Crippen molar-refractivity contribution in [3.8, 4) is 0 Å². The molecule has 0 saturated carbocycles. The molecule has 0 amide bonds. The van der Waals surface area contributed by atoms with E-state index in [2.05, 4.69) is 81.4 Å². The lowest BCUT2D eigenvalue weighted by molar-refractivity contribution is -0.0599. The van der Waals surface area contributed by atoms with Gasteiger partial charge < -0.3 is 4.74 Å². The molecule has 0 radical (unpaired) electrons. The Morgan fingerprint density at radius 2 is 1.14 bits per heavy atom. The predicted molar refractivity (Wildman–Crippen MR) is 98.2 cm³/mol. The average molecular weight is 331 g/mol. The lowest BCUT2D eigenvalue weighted by atomic mass is 9.99. The summed E-state index contributed by atoms with van der Waals surface area (Å²) in [5, 5.41) is 0.742. The summed E-state index contributed by atoms with van der Waals surface area (Å²) in [6.07, 6.45) is 0.180. The van der Waals surface area contributed by atoms with Crippen molar-refractivity contribution < 1.29 is 4.74 Å². The molecule has 0 spiro atoms. The van der Waals surface area contributed by atoms with Crippen molar-refractivity contribution in [3.63, 3.8) is 0 Å². The van der Waals surface area contributed by atoms with Gasteiger partial charge in [0.15, 0.2) is 0 Å². The van der Waals surface area contributed by atoms with Crippen LogP contribution in [0.15, 0.2) is 60.7 Å². The number of ether oxygens (including phenoxy) is 1. The first-order valence-electron chi connectivity index (χ1n) is 7.64. The fourth-order valence-corrected chi connectivity index (χ4v) is 6.26. The minimum atomic E-state index is -0.143. The molecule has 0 N–H and O–H groups in total. The van der Waals surface area contributed by atoms with Gasteiger partial charge in [-0.15, -0.1) is 0 Å². The highest BCUT2D eigenvalue weighted by atomic mass is 33.1. The first-order valence-corrected chi connectivity index (χ1v) is 9.92. The van der Waals surface area contributed by atoms with Gasteiger partial charge in [-0.25, -0.2) is 0 Å². The molecule has 2 unspecified atom stereocenters. The van der Waals surface area contributed by atoms with E-state index in [-0.39, 0.29) is 11.7 Å². The van der Waals surface area contributed by atoms with Crippen molar-refractivity contribution in [2.75, 3.05) is 0 Å². The molecule has 3 rings (SSSR count). The van der Waals surface area contributed by atoms with Gasteiger partial charge in [0.1, 0.15) is 0 Å². The minimum absolute atomic E-state index is 0.143. The van der Waals surface area contributed by atoms with Gasteiger partial charge in [0.2, 0.25) is 0 Å². The summed E-state index contributed by atoms with van der Waals surface area (Å²) in [5.41, 5.74) is 2.57. The predicted octanol–water partition coefficient (Wildman–Crippen LogP) is 6.05. The number of benzene rings is 2. The first kappa shape index (κ1) is 16.0. The quantitative estimate of drug-likeness (QED) is 0.634. The van der Waals surface area contributed by atoms with Crippen LogP contribution in [0.2, 0.25) is 0 Å². The summed E-state index contributed by atoms with van der Waals surface area (Å²) < 4.78 is 6.49. The third kappa shape index (κ3) is 3.70. The smallest absolute Gasteiger partial charge is 0.0917 e. The normalized spacial score (nSPS) is 25.3. The third-order valence-electron chi connectivity index (χ3n) is 3.61. The van der Waals surface area contributed by atoms with Crippen LogP contribution in [0.25, 0.3) is 0 Å². The van der Waals surface area contributed by atoms with E-state index >= 15 is 0 Å². The molecule has 2 aromatic rings. The highest BCUT2D eigenvalue weighted by Gasteiger charge is 2.42. The van der Waals surface area contributed by atoms with Crippen molar-refractivity contribution in [3.05, 3.63) is 71.8 Å². The van der Waals surface area contributed by atoms with Crippen LogP contribution in [-0.4, -0.2) is 11.7 Å². The van der Waals surface area contributed by atoms with Gasteiger partial charge in [0.25, 0.3) is 0 Å². The third-order valence-corrected chi connectivity index (χ3v) is 6.79. The maximum absolute atomic E-state index is 6.49. The molecule has 1 heterocycles. The van der Waals surface area contributed by atoms with Crippen molar-refractivity contribution in [2.45, 2.75) is 43.0 Å². The summed E-state index contributed by atoms with van der Waals surface area (Å²) in [4.78, 5) is 0. The van der Waals surface area contributed by atoms with Crippen LogP contribution >= 0.6 is 21.6 Å². The molecule has 0 bridgehead atoms. The lowest BCUT2D eigenvalue weighted by Crippen LogP contribution is -2.31. The van der Waals surface area contributed by atoms with Gasteiger partial charge in [-0.05, 0) is 31.9 Å². The van der Waals surface area contributed by atoms with E-state index < -0.39 is 0 Å². The van der Waals surface area contributed by atoms with E-state index in [0.717, 1.165) is 0 Å². The molecule has 0 aromatic heterocycles. The van der Waals surface area contributed by atoms with Crippen molar-refractivity contribution >= 4 is 21.6 Å². The molecule has 0 aliphatic carbocycles. The summed E-state index contributed by atoms with van der Waals surface area (Å²) in [6.45, 7) is 6.43. The van der Waals surface area contributed by atoms with Crippen molar-refractivity contribution in [2.24, 2.45) is 0 Å². The van der Waals surface area contributed by atoms with Crippen molar-refractivity contribution in [1.82, 2.24) is 0 Å². The van der Waals surface area contributed by atoms with E-state index in [1.54, 1.807) is 0 Å². The van der Waals surface area contributed by atoms with Crippen LogP contribution < -0.4 is 0 Å². The molecule has 116 valence electrons. The van der Waals surface area contributed by atoms with Gasteiger partial charge >= 0.3 is 0 Å². The topological polar surface area (TPSA) is 9.23 Å². The molecule has 1 aliphatic rings. The summed E-state index contributed by atoms with van der Waals surface area (Å²) in [7, 11) is 3.88. The Kier molecular flexibility index (Phi) is 4.86. The van der Waals surface area contributed by atoms with Gasteiger partial charge in [-0.3, -0.25) is 0 Å². The Hall–Kier alpha value is -0.900. The number of rotatable bonds is 3. The molecule has 1 fully saturated rings. The Balaban J connectivity index is 1.92. The zero-order chi connectivity index (χ0) is 15.6. The maximum atomic E-state index is 6.49. The molecule has 3 heteroatoms. The summed E-state index contributed by atoms with van der Waals surface area (Å²) in [5.74, 6) is 0. The van der Waals surface area contributed by atoms with E-state index in [9.17, 15) is 0 Å². The Morgan fingerprint density at radius 3 is 1.50 bits per heavy atom. The van der Waals surface area contributed by atoms with Gasteiger partial charge in [-0.2, -0.15) is 0 Å². The van der Waals surface area contributed by atoms with Crippen LogP contribution in [0.5, 0.6) is 0 Å². The second kappa shape index (κ2) is 6.69. The highest BCUT2D eigenvalue weighted by molar-refractivity contribution is 8.77. The molecule has 1 nitrogen and oxygen atoms in total. The summed E-state index contributed by atoms with van der Waals surface area (Å²) in [6, 6.07) is 21.5. The van der Waals surface area contributed by atoms with Crippen LogP contribution in [0.1, 0.15) is 42.4 Å². The van der Waals surface area contributed by atoms with E-state index in [1.807, 2.05) is 21.6 Å². The molecule has 2 atom stereocenters. The molecule has 1 aliphatic heterocycles. The molecule has 2 aromatic carbocycles. The average Bonchev–Trinajstić information content (AvgIpc) is 2.90. The molecular formula is C19H22OS2. The zero-order valence-corrected chi connectivity index (χ0v) is 14.9. The van der Waals surface area contributed by atoms with Gasteiger partial charge in [-0.1, -0.05) is 82.3 Å². The minimum Gasteiger partial charge on any atom is -0.370 e. The SMILES string of the molecule is CC(C)(C)OC1C(c2ccccc2)SSC1c1ccccc1. The van der Waals surface area contributed by atoms with E-state index in [0.29, 0.717) is 10.5 Å². The largest absolute Gasteiger partial charge is 0.370 e. The second-order valence-corrected chi connectivity index (χ2v) is 9.11. The molecular weight excluding hydrogens is 308 g/mol. The fraction of sp³-hybridized carbons (Fsp3) is 0.368. The Labute approximate surface area is 141 Å².